The molecule has 136 valence electrons. The molecule has 0 aliphatic rings. The molecule has 1 heterocycles. The van der Waals surface area contributed by atoms with Gasteiger partial charge in [0.1, 0.15) is 0 Å². The standard InChI is InChI=1S/C19H26N4O.HI/c1-16-14-21-10-8-18(16)9-11-22-19(20-2)23-12-13-24-15-17-6-4-3-5-7-17;/h3-8,10,14H,9,11-13,15H2,1-2H3,(H2,20,22,23);1H. The number of ether oxygens (including phenoxy) is 1. The molecule has 2 aromatic rings. The Bertz CT molecular complexity index is 634. The fourth-order valence-electron chi connectivity index (χ4n) is 2.32. The molecule has 0 radical (unpaired) electrons. The van der Waals surface area contributed by atoms with Crippen LogP contribution in [0.15, 0.2) is 53.8 Å². The maximum atomic E-state index is 5.65. The Morgan fingerprint density at radius 1 is 1.12 bits per heavy atom. The summed E-state index contributed by atoms with van der Waals surface area (Å²) in [5, 5.41) is 6.57. The Morgan fingerprint density at radius 3 is 2.60 bits per heavy atom. The summed E-state index contributed by atoms with van der Waals surface area (Å²) in [5.74, 6) is 0.796. The minimum absolute atomic E-state index is 0. The predicted molar refractivity (Wildman–Crippen MR) is 114 cm³/mol. The highest BCUT2D eigenvalue weighted by molar-refractivity contribution is 14.0. The summed E-state index contributed by atoms with van der Waals surface area (Å²) in [4.78, 5) is 8.34. The molecule has 0 atom stereocenters. The number of rotatable bonds is 8. The van der Waals surface area contributed by atoms with Crippen LogP contribution in [0.3, 0.4) is 0 Å². The van der Waals surface area contributed by atoms with Crippen LogP contribution in [-0.2, 0) is 17.8 Å². The Morgan fingerprint density at radius 2 is 1.88 bits per heavy atom. The monoisotopic (exact) mass is 454 g/mol. The van der Waals surface area contributed by atoms with Gasteiger partial charge in [-0.15, -0.1) is 24.0 Å². The first kappa shape index (κ1) is 21.4. The highest BCUT2D eigenvalue weighted by Crippen LogP contribution is 2.04. The molecule has 1 aromatic heterocycles. The van der Waals surface area contributed by atoms with Gasteiger partial charge in [-0.25, -0.2) is 0 Å². The molecule has 0 amide bonds. The number of aromatic nitrogens is 1. The van der Waals surface area contributed by atoms with Crippen molar-refractivity contribution in [2.75, 3.05) is 26.7 Å². The van der Waals surface area contributed by atoms with Gasteiger partial charge in [0, 0.05) is 32.5 Å². The zero-order valence-corrected chi connectivity index (χ0v) is 17.2. The number of hydrogen-bond acceptors (Lipinski definition) is 3. The van der Waals surface area contributed by atoms with Crippen LogP contribution in [0.5, 0.6) is 0 Å². The van der Waals surface area contributed by atoms with E-state index in [9.17, 15) is 0 Å². The zero-order chi connectivity index (χ0) is 17.0. The van der Waals surface area contributed by atoms with Crippen LogP contribution in [0.25, 0.3) is 0 Å². The third-order valence-electron chi connectivity index (χ3n) is 3.70. The molecular formula is C19H27IN4O. The van der Waals surface area contributed by atoms with E-state index in [2.05, 4.69) is 45.7 Å². The lowest BCUT2D eigenvalue weighted by Gasteiger charge is -2.12. The first-order valence-corrected chi connectivity index (χ1v) is 8.25. The molecule has 2 rings (SSSR count). The fraction of sp³-hybridized carbons (Fsp3) is 0.368. The Kier molecular flexibility index (Phi) is 10.8. The second-order valence-corrected chi connectivity index (χ2v) is 5.52. The number of benzene rings is 1. The van der Waals surface area contributed by atoms with Crippen molar-refractivity contribution in [2.45, 2.75) is 20.0 Å². The van der Waals surface area contributed by atoms with Gasteiger partial charge in [0.25, 0.3) is 0 Å². The van der Waals surface area contributed by atoms with E-state index in [0.717, 1.165) is 25.5 Å². The van der Waals surface area contributed by atoms with Gasteiger partial charge in [-0.2, -0.15) is 0 Å². The average Bonchev–Trinajstić information content (AvgIpc) is 2.62. The van der Waals surface area contributed by atoms with E-state index in [1.807, 2.05) is 30.6 Å². The number of nitrogens with one attached hydrogen (secondary N) is 2. The van der Waals surface area contributed by atoms with Gasteiger partial charge in [-0.05, 0) is 36.1 Å². The molecule has 0 aliphatic carbocycles. The molecule has 2 N–H and O–H groups in total. The number of halogens is 1. The van der Waals surface area contributed by atoms with Crippen molar-refractivity contribution in [3.8, 4) is 0 Å². The van der Waals surface area contributed by atoms with Crippen molar-refractivity contribution < 1.29 is 4.74 Å². The summed E-state index contributed by atoms with van der Waals surface area (Å²) in [6, 6.07) is 12.2. The normalized spacial score (nSPS) is 10.9. The molecule has 25 heavy (non-hydrogen) atoms. The lowest BCUT2D eigenvalue weighted by atomic mass is 10.1. The average molecular weight is 454 g/mol. The van der Waals surface area contributed by atoms with Crippen molar-refractivity contribution in [1.29, 1.82) is 0 Å². The molecule has 0 aliphatic heterocycles. The number of nitrogens with zero attached hydrogens (tertiary/aromatic N) is 2. The Hall–Kier alpha value is -1.67. The number of aliphatic imine (C=N–C) groups is 1. The number of guanidine groups is 1. The highest BCUT2D eigenvalue weighted by atomic mass is 127. The largest absolute Gasteiger partial charge is 0.375 e. The van der Waals surface area contributed by atoms with Crippen molar-refractivity contribution in [1.82, 2.24) is 15.6 Å². The van der Waals surface area contributed by atoms with E-state index in [1.165, 1.54) is 16.7 Å². The van der Waals surface area contributed by atoms with E-state index >= 15 is 0 Å². The smallest absolute Gasteiger partial charge is 0.191 e. The maximum Gasteiger partial charge on any atom is 0.191 e. The number of hydrogen-bond donors (Lipinski definition) is 2. The minimum Gasteiger partial charge on any atom is -0.375 e. The molecule has 0 saturated heterocycles. The number of aryl methyl sites for hydroxylation is 1. The molecule has 0 spiro atoms. The lowest BCUT2D eigenvalue weighted by Crippen LogP contribution is -2.39. The second kappa shape index (κ2) is 12.7. The third kappa shape index (κ3) is 8.31. The van der Waals surface area contributed by atoms with E-state index in [4.69, 9.17) is 4.74 Å². The van der Waals surface area contributed by atoms with Gasteiger partial charge in [-0.3, -0.25) is 9.98 Å². The van der Waals surface area contributed by atoms with Crippen molar-refractivity contribution >= 4 is 29.9 Å². The van der Waals surface area contributed by atoms with Gasteiger partial charge in [0.2, 0.25) is 0 Å². The fourth-order valence-corrected chi connectivity index (χ4v) is 2.32. The van der Waals surface area contributed by atoms with Crippen molar-refractivity contribution in [3.63, 3.8) is 0 Å². The van der Waals surface area contributed by atoms with Gasteiger partial charge in [-0.1, -0.05) is 30.3 Å². The van der Waals surface area contributed by atoms with Crippen LogP contribution in [0, 0.1) is 6.92 Å². The summed E-state index contributed by atoms with van der Waals surface area (Å²) in [6.45, 7) is 4.91. The quantitative estimate of drug-likeness (QED) is 0.279. The summed E-state index contributed by atoms with van der Waals surface area (Å²) in [7, 11) is 1.78. The molecule has 0 saturated carbocycles. The molecule has 0 bridgehead atoms. The van der Waals surface area contributed by atoms with Crippen LogP contribution < -0.4 is 10.6 Å². The van der Waals surface area contributed by atoms with Crippen molar-refractivity contribution in [2.24, 2.45) is 4.99 Å². The molecule has 0 fully saturated rings. The molecular weight excluding hydrogens is 427 g/mol. The molecule has 0 unspecified atom stereocenters. The SMILES string of the molecule is CN=C(NCCOCc1ccccc1)NCCc1ccncc1C.I. The van der Waals surface area contributed by atoms with E-state index in [0.29, 0.717) is 13.2 Å². The first-order valence-electron chi connectivity index (χ1n) is 8.25. The topological polar surface area (TPSA) is 58.5 Å². The van der Waals surface area contributed by atoms with E-state index < -0.39 is 0 Å². The van der Waals surface area contributed by atoms with Gasteiger partial charge < -0.3 is 15.4 Å². The molecule has 6 heteroatoms. The van der Waals surface area contributed by atoms with Crippen LogP contribution in [0.4, 0.5) is 0 Å². The minimum atomic E-state index is 0. The van der Waals surface area contributed by atoms with Gasteiger partial charge in [0.15, 0.2) is 5.96 Å². The van der Waals surface area contributed by atoms with Crippen molar-refractivity contribution in [3.05, 3.63) is 65.5 Å². The Balaban J connectivity index is 0.00000312. The van der Waals surface area contributed by atoms with Crippen LogP contribution in [0.1, 0.15) is 16.7 Å². The maximum absolute atomic E-state index is 5.65. The first-order chi connectivity index (χ1) is 11.8. The van der Waals surface area contributed by atoms with Crippen LogP contribution >= 0.6 is 24.0 Å². The third-order valence-corrected chi connectivity index (χ3v) is 3.70. The molecule has 1 aromatic carbocycles. The van der Waals surface area contributed by atoms with E-state index in [-0.39, 0.29) is 24.0 Å². The summed E-state index contributed by atoms with van der Waals surface area (Å²) in [6.07, 6.45) is 4.67. The van der Waals surface area contributed by atoms with Gasteiger partial charge >= 0.3 is 0 Å². The zero-order valence-electron chi connectivity index (χ0n) is 14.9. The summed E-state index contributed by atoms with van der Waals surface area (Å²) < 4.78 is 5.65. The summed E-state index contributed by atoms with van der Waals surface area (Å²) >= 11 is 0. The second-order valence-electron chi connectivity index (χ2n) is 5.52. The van der Waals surface area contributed by atoms with Gasteiger partial charge in [0.05, 0.1) is 13.2 Å². The van der Waals surface area contributed by atoms with E-state index in [1.54, 1.807) is 7.05 Å². The summed E-state index contributed by atoms with van der Waals surface area (Å²) in [5.41, 5.74) is 3.71. The predicted octanol–water partition coefficient (Wildman–Crippen LogP) is 2.93. The number of pyridine rings is 1. The highest BCUT2D eigenvalue weighted by Gasteiger charge is 2.00. The van der Waals surface area contributed by atoms with Crippen LogP contribution in [-0.4, -0.2) is 37.7 Å². The molecule has 5 nitrogen and oxygen atoms in total. The van der Waals surface area contributed by atoms with Crippen LogP contribution in [0.2, 0.25) is 0 Å². The Labute approximate surface area is 167 Å². The lowest BCUT2D eigenvalue weighted by molar-refractivity contribution is 0.125.